The molecule has 17 heavy (non-hydrogen) atoms. The number of nitrogens with two attached hydrogens (primary N) is 1. The van der Waals surface area contributed by atoms with Crippen molar-refractivity contribution < 1.29 is 0 Å². The van der Waals surface area contributed by atoms with Crippen molar-refractivity contribution in [3.63, 3.8) is 0 Å². The molecule has 0 aromatic carbocycles. The molecule has 0 radical (unpaired) electrons. The first-order valence-corrected chi connectivity index (χ1v) is 7.63. The molecule has 2 N–H and O–H groups in total. The van der Waals surface area contributed by atoms with Crippen LogP contribution in [0.2, 0.25) is 0 Å². The summed E-state index contributed by atoms with van der Waals surface area (Å²) in [4.78, 5) is 2.71. The normalized spacial score (nSPS) is 33.2. The van der Waals surface area contributed by atoms with Gasteiger partial charge in [0.2, 0.25) is 0 Å². The van der Waals surface area contributed by atoms with Gasteiger partial charge in [0, 0.05) is 12.6 Å². The van der Waals surface area contributed by atoms with Crippen LogP contribution in [0.1, 0.15) is 52.4 Å². The Bertz CT molecular complexity index is 211. The number of likely N-dealkylation sites (tertiary alicyclic amines) is 1. The second-order valence-corrected chi connectivity index (χ2v) is 6.66. The molecule has 1 heterocycles. The minimum absolute atomic E-state index is 0.498. The van der Waals surface area contributed by atoms with Gasteiger partial charge in [0.05, 0.1) is 0 Å². The maximum Gasteiger partial charge on any atom is 0.00390 e. The zero-order valence-electron chi connectivity index (χ0n) is 11.7. The van der Waals surface area contributed by atoms with E-state index >= 15 is 0 Å². The predicted octanol–water partition coefficient (Wildman–Crippen LogP) is 2.87. The van der Waals surface area contributed by atoms with Crippen molar-refractivity contribution in [2.45, 2.75) is 58.4 Å². The highest BCUT2D eigenvalue weighted by molar-refractivity contribution is 4.80. The molecule has 2 rings (SSSR count). The lowest BCUT2D eigenvalue weighted by atomic mass is 9.84. The zero-order chi connectivity index (χ0) is 12.3. The topological polar surface area (TPSA) is 29.3 Å². The molecule has 2 nitrogen and oxygen atoms in total. The van der Waals surface area contributed by atoms with Gasteiger partial charge >= 0.3 is 0 Å². The molecule has 2 heteroatoms. The monoisotopic (exact) mass is 238 g/mol. The van der Waals surface area contributed by atoms with Crippen LogP contribution in [0.25, 0.3) is 0 Å². The molecule has 0 unspecified atom stereocenters. The Morgan fingerprint density at radius 3 is 2.12 bits per heavy atom. The summed E-state index contributed by atoms with van der Waals surface area (Å²) in [6.07, 6.45) is 8.09. The van der Waals surface area contributed by atoms with Crippen molar-refractivity contribution in [1.82, 2.24) is 4.90 Å². The summed E-state index contributed by atoms with van der Waals surface area (Å²) >= 11 is 0. The quantitative estimate of drug-likeness (QED) is 0.819. The van der Waals surface area contributed by atoms with Crippen molar-refractivity contribution in [2.24, 2.45) is 23.5 Å². The van der Waals surface area contributed by atoms with Crippen LogP contribution in [0.3, 0.4) is 0 Å². The third-order valence-corrected chi connectivity index (χ3v) is 4.98. The molecule has 2 aliphatic rings. The third-order valence-electron chi connectivity index (χ3n) is 4.98. The molecule has 0 spiro atoms. The fraction of sp³-hybridized carbons (Fsp3) is 1.00. The molecule has 100 valence electrons. The van der Waals surface area contributed by atoms with E-state index in [1.807, 2.05) is 0 Å². The van der Waals surface area contributed by atoms with Crippen LogP contribution in [0, 0.1) is 17.8 Å². The standard InChI is InChI=1S/C15H30N2/c1-12(2)14-7-9-17(10-8-14)11-13-3-5-15(16)6-4-13/h12-15H,3-11,16H2,1-2H3/t13-,15-. The van der Waals surface area contributed by atoms with Crippen LogP contribution in [0.4, 0.5) is 0 Å². The van der Waals surface area contributed by atoms with Crippen molar-refractivity contribution in [3.8, 4) is 0 Å². The summed E-state index contributed by atoms with van der Waals surface area (Å²) in [7, 11) is 0. The third kappa shape index (κ3) is 3.96. The number of piperidine rings is 1. The Morgan fingerprint density at radius 2 is 1.59 bits per heavy atom. The fourth-order valence-electron chi connectivity index (χ4n) is 3.54. The average molecular weight is 238 g/mol. The minimum Gasteiger partial charge on any atom is -0.328 e. The lowest BCUT2D eigenvalue weighted by Gasteiger charge is -2.37. The van der Waals surface area contributed by atoms with Crippen molar-refractivity contribution in [2.75, 3.05) is 19.6 Å². The largest absolute Gasteiger partial charge is 0.328 e. The molecule has 1 saturated carbocycles. The number of nitrogens with zero attached hydrogens (tertiary/aromatic N) is 1. The van der Waals surface area contributed by atoms with Gasteiger partial charge in [-0.05, 0) is 69.4 Å². The first-order chi connectivity index (χ1) is 8.15. The van der Waals surface area contributed by atoms with Gasteiger partial charge in [0.25, 0.3) is 0 Å². The van der Waals surface area contributed by atoms with Gasteiger partial charge in [-0.15, -0.1) is 0 Å². The fourth-order valence-corrected chi connectivity index (χ4v) is 3.54. The van der Waals surface area contributed by atoms with Crippen LogP contribution >= 0.6 is 0 Å². The molecule has 1 aliphatic carbocycles. The Balaban J connectivity index is 1.67. The SMILES string of the molecule is CC(C)C1CCN(C[C@H]2CC[C@H](N)CC2)CC1. The van der Waals surface area contributed by atoms with Gasteiger partial charge in [-0.25, -0.2) is 0 Å². The Hall–Kier alpha value is -0.0800. The van der Waals surface area contributed by atoms with Crippen LogP contribution in [-0.2, 0) is 0 Å². The number of hydrogen-bond donors (Lipinski definition) is 1. The maximum atomic E-state index is 5.97. The highest BCUT2D eigenvalue weighted by Gasteiger charge is 2.25. The lowest BCUT2D eigenvalue weighted by Crippen LogP contribution is -2.39. The molecule has 2 fully saturated rings. The van der Waals surface area contributed by atoms with E-state index in [0.29, 0.717) is 6.04 Å². The van der Waals surface area contributed by atoms with Gasteiger partial charge in [-0.2, -0.15) is 0 Å². The maximum absolute atomic E-state index is 5.97. The first-order valence-electron chi connectivity index (χ1n) is 7.63. The van der Waals surface area contributed by atoms with E-state index in [1.54, 1.807) is 0 Å². The van der Waals surface area contributed by atoms with Crippen LogP contribution in [0.5, 0.6) is 0 Å². The first kappa shape index (κ1) is 13.4. The van der Waals surface area contributed by atoms with E-state index < -0.39 is 0 Å². The van der Waals surface area contributed by atoms with Crippen LogP contribution in [-0.4, -0.2) is 30.6 Å². The van der Waals surface area contributed by atoms with Gasteiger partial charge in [-0.3, -0.25) is 0 Å². The Morgan fingerprint density at radius 1 is 1.00 bits per heavy atom. The summed E-state index contributed by atoms with van der Waals surface area (Å²) in [6, 6.07) is 0.498. The van der Waals surface area contributed by atoms with E-state index in [9.17, 15) is 0 Å². The molecule has 1 saturated heterocycles. The second-order valence-electron chi connectivity index (χ2n) is 6.66. The van der Waals surface area contributed by atoms with Crippen LogP contribution < -0.4 is 5.73 Å². The van der Waals surface area contributed by atoms with E-state index in [4.69, 9.17) is 5.73 Å². The van der Waals surface area contributed by atoms with Crippen molar-refractivity contribution in [1.29, 1.82) is 0 Å². The van der Waals surface area contributed by atoms with Gasteiger partial charge < -0.3 is 10.6 Å². The lowest BCUT2D eigenvalue weighted by molar-refractivity contribution is 0.126. The molecule has 0 amide bonds. The molecular weight excluding hydrogens is 208 g/mol. The van der Waals surface area contributed by atoms with Crippen molar-refractivity contribution >= 4 is 0 Å². The average Bonchev–Trinajstić information content (AvgIpc) is 2.33. The smallest absolute Gasteiger partial charge is 0.00390 e. The number of hydrogen-bond acceptors (Lipinski definition) is 2. The summed E-state index contributed by atoms with van der Waals surface area (Å²) in [5, 5.41) is 0. The molecule has 0 aromatic rings. The zero-order valence-corrected chi connectivity index (χ0v) is 11.7. The van der Waals surface area contributed by atoms with Crippen LogP contribution in [0.15, 0.2) is 0 Å². The van der Waals surface area contributed by atoms with Crippen molar-refractivity contribution in [3.05, 3.63) is 0 Å². The highest BCUT2D eigenvalue weighted by atomic mass is 15.1. The molecule has 0 atom stereocenters. The minimum atomic E-state index is 0.498. The van der Waals surface area contributed by atoms with E-state index in [0.717, 1.165) is 17.8 Å². The molecule has 1 aliphatic heterocycles. The number of rotatable bonds is 3. The second kappa shape index (κ2) is 6.19. The highest BCUT2D eigenvalue weighted by Crippen LogP contribution is 2.28. The molecular formula is C15H30N2. The van der Waals surface area contributed by atoms with Gasteiger partial charge in [0.15, 0.2) is 0 Å². The predicted molar refractivity (Wildman–Crippen MR) is 73.9 cm³/mol. The van der Waals surface area contributed by atoms with E-state index in [-0.39, 0.29) is 0 Å². The Kier molecular flexibility index (Phi) is 4.87. The van der Waals surface area contributed by atoms with E-state index in [2.05, 4.69) is 18.7 Å². The van der Waals surface area contributed by atoms with Gasteiger partial charge in [-0.1, -0.05) is 13.8 Å². The molecule has 0 bridgehead atoms. The summed E-state index contributed by atoms with van der Waals surface area (Å²) < 4.78 is 0. The Labute approximate surface area is 107 Å². The molecule has 0 aromatic heterocycles. The van der Waals surface area contributed by atoms with E-state index in [1.165, 1.54) is 58.2 Å². The summed E-state index contributed by atoms with van der Waals surface area (Å²) in [5.41, 5.74) is 5.97. The van der Waals surface area contributed by atoms with Gasteiger partial charge in [0.1, 0.15) is 0 Å². The summed E-state index contributed by atoms with van der Waals surface area (Å²) in [5.74, 6) is 2.79. The summed E-state index contributed by atoms with van der Waals surface area (Å²) in [6.45, 7) is 8.78.